The highest BCUT2D eigenvalue weighted by Crippen LogP contribution is 2.67. The van der Waals surface area contributed by atoms with Gasteiger partial charge in [-0.1, -0.05) is 25.5 Å². The van der Waals surface area contributed by atoms with Gasteiger partial charge in [0.05, 0.1) is 23.9 Å². The van der Waals surface area contributed by atoms with Crippen molar-refractivity contribution in [1.82, 2.24) is 0 Å². The number of aliphatic hydroxyl groups excluding tert-OH is 3. The second-order valence-electron chi connectivity index (χ2n) is 9.90. The summed E-state index contributed by atoms with van der Waals surface area (Å²) in [6.45, 7) is 6.10. The molecule has 0 radical (unpaired) electrons. The van der Waals surface area contributed by atoms with E-state index in [-0.39, 0.29) is 23.9 Å². The molecule has 9 atom stereocenters. The van der Waals surface area contributed by atoms with Crippen LogP contribution in [0.5, 0.6) is 0 Å². The van der Waals surface area contributed by atoms with Gasteiger partial charge in [-0.25, -0.2) is 0 Å². The zero-order valence-electron chi connectivity index (χ0n) is 15.8. The van der Waals surface area contributed by atoms with Crippen LogP contribution in [0.2, 0.25) is 0 Å². The van der Waals surface area contributed by atoms with Gasteiger partial charge in [-0.05, 0) is 68.6 Å². The van der Waals surface area contributed by atoms with Gasteiger partial charge in [-0.15, -0.1) is 0 Å². The molecule has 3 fully saturated rings. The summed E-state index contributed by atoms with van der Waals surface area (Å²) >= 11 is 0. The maximum absolute atomic E-state index is 11.3. The first-order valence-electron chi connectivity index (χ1n) is 10.1. The van der Waals surface area contributed by atoms with Crippen molar-refractivity contribution in [1.29, 1.82) is 0 Å². The standard InChI is InChI=1S/C21H34O4/c1-12(22)21(25)11-17(24)18-15-5-4-13-10-14(23)6-8-19(13,2)16(15)7-9-20(18,21)3/h4,12,14-18,22-25H,5-11H2,1-3H3/t12-,14-,15+,16-,17+,18+,19-,20-,21-/m0/s1. The van der Waals surface area contributed by atoms with Crippen molar-refractivity contribution in [3.05, 3.63) is 11.6 Å². The summed E-state index contributed by atoms with van der Waals surface area (Å²) in [5, 5.41) is 42.5. The monoisotopic (exact) mass is 350 g/mol. The van der Waals surface area contributed by atoms with Crippen LogP contribution in [0, 0.1) is 28.6 Å². The highest BCUT2D eigenvalue weighted by atomic mass is 16.3. The molecule has 0 aromatic rings. The third kappa shape index (κ3) is 2.20. The van der Waals surface area contributed by atoms with Gasteiger partial charge in [0.1, 0.15) is 0 Å². The predicted octanol–water partition coefficient (Wildman–Crippen LogP) is 2.39. The van der Waals surface area contributed by atoms with Crippen molar-refractivity contribution in [2.75, 3.05) is 0 Å². The minimum absolute atomic E-state index is 0.0346. The fraction of sp³-hybridized carbons (Fsp3) is 0.905. The summed E-state index contributed by atoms with van der Waals surface area (Å²) in [7, 11) is 0. The van der Waals surface area contributed by atoms with Crippen molar-refractivity contribution < 1.29 is 20.4 Å². The molecule has 4 N–H and O–H groups in total. The molecule has 0 saturated heterocycles. The Hall–Kier alpha value is -0.420. The molecule has 0 aromatic carbocycles. The summed E-state index contributed by atoms with van der Waals surface area (Å²) in [6.07, 6.45) is 6.49. The van der Waals surface area contributed by atoms with Crippen molar-refractivity contribution in [3.8, 4) is 0 Å². The van der Waals surface area contributed by atoms with Gasteiger partial charge in [0.15, 0.2) is 0 Å². The molecule has 25 heavy (non-hydrogen) atoms. The number of hydrogen-bond acceptors (Lipinski definition) is 4. The van der Waals surface area contributed by atoms with Crippen LogP contribution in [0.4, 0.5) is 0 Å². The van der Waals surface area contributed by atoms with E-state index in [9.17, 15) is 20.4 Å². The average molecular weight is 350 g/mol. The van der Waals surface area contributed by atoms with Crippen LogP contribution in [-0.2, 0) is 0 Å². The molecule has 4 aliphatic carbocycles. The Morgan fingerprint density at radius 1 is 1.16 bits per heavy atom. The van der Waals surface area contributed by atoms with Crippen molar-refractivity contribution in [2.45, 2.75) is 89.6 Å². The van der Waals surface area contributed by atoms with Crippen LogP contribution in [0.25, 0.3) is 0 Å². The Labute approximate surface area is 151 Å². The first-order chi connectivity index (χ1) is 11.6. The summed E-state index contributed by atoms with van der Waals surface area (Å²) < 4.78 is 0. The van der Waals surface area contributed by atoms with E-state index in [4.69, 9.17) is 0 Å². The molecular weight excluding hydrogens is 316 g/mol. The van der Waals surface area contributed by atoms with Crippen LogP contribution >= 0.6 is 0 Å². The molecule has 4 nitrogen and oxygen atoms in total. The highest BCUT2D eigenvalue weighted by Gasteiger charge is 2.68. The normalized spacial score (nSPS) is 56.4. The van der Waals surface area contributed by atoms with Gasteiger partial charge < -0.3 is 20.4 Å². The van der Waals surface area contributed by atoms with Gasteiger partial charge >= 0.3 is 0 Å². The lowest BCUT2D eigenvalue weighted by atomic mass is 9.46. The first-order valence-corrected chi connectivity index (χ1v) is 10.1. The highest BCUT2D eigenvalue weighted by molar-refractivity contribution is 5.27. The van der Waals surface area contributed by atoms with E-state index in [0.717, 1.165) is 38.5 Å². The van der Waals surface area contributed by atoms with E-state index in [1.165, 1.54) is 5.57 Å². The lowest BCUT2D eigenvalue weighted by molar-refractivity contribution is -0.171. The molecule has 4 heteroatoms. The predicted molar refractivity (Wildman–Crippen MR) is 95.7 cm³/mol. The Kier molecular flexibility index (Phi) is 3.98. The number of rotatable bonds is 1. The Bertz CT molecular complexity index is 586. The molecule has 142 valence electrons. The molecule has 0 spiro atoms. The fourth-order valence-electron chi connectivity index (χ4n) is 7.44. The number of fused-ring (bicyclic) bond motifs is 5. The van der Waals surface area contributed by atoms with Crippen LogP contribution in [-0.4, -0.2) is 44.3 Å². The summed E-state index contributed by atoms with van der Waals surface area (Å²) in [4.78, 5) is 0. The molecule has 3 saturated carbocycles. The zero-order chi connectivity index (χ0) is 18.2. The molecular formula is C21H34O4. The van der Waals surface area contributed by atoms with Crippen LogP contribution in [0.3, 0.4) is 0 Å². The molecule has 0 aromatic heterocycles. The maximum atomic E-state index is 11.3. The van der Waals surface area contributed by atoms with E-state index >= 15 is 0 Å². The summed E-state index contributed by atoms with van der Waals surface area (Å²) in [5.74, 6) is 0.891. The van der Waals surface area contributed by atoms with Crippen LogP contribution < -0.4 is 0 Å². The molecule has 0 heterocycles. The van der Waals surface area contributed by atoms with Gasteiger partial charge in [0, 0.05) is 11.8 Å². The number of hydrogen-bond donors (Lipinski definition) is 4. The Morgan fingerprint density at radius 3 is 2.56 bits per heavy atom. The second kappa shape index (κ2) is 5.54. The van der Waals surface area contributed by atoms with Gasteiger partial charge in [0.2, 0.25) is 0 Å². The van der Waals surface area contributed by atoms with Gasteiger partial charge in [-0.3, -0.25) is 0 Å². The van der Waals surface area contributed by atoms with Crippen molar-refractivity contribution >= 4 is 0 Å². The molecule has 0 bridgehead atoms. The summed E-state index contributed by atoms with van der Waals surface area (Å²) in [5.41, 5.74) is -0.100. The fourth-order valence-corrected chi connectivity index (χ4v) is 7.44. The topological polar surface area (TPSA) is 80.9 Å². The molecule has 4 aliphatic rings. The van der Waals surface area contributed by atoms with Crippen LogP contribution in [0.15, 0.2) is 11.6 Å². The van der Waals surface area contributed by atoms with Crippen molar-refractivity contribution in [2.24, 2.45) is 28.6 Å². The molecule has 0 unspecified atom stereocenters. The average Bonchev–Trinajstić information content (AvgIpc) is 2.75. The SMILES string of the molecule is C[C@H](O)[C@@]1(O)C[C@@H](O)[C@H]2[C@@H]3CC=C4C[C@@H](O)CC[C@]4(C)[C@H]3CC[C@@]21C. The van der Waals surface area contributed by atoms with Gasteiger partial charge in [0.25, 0.3) is 0 Å². The Balaban J connectivity index is 1.72. The minimum atomic E-state index is -1.20. The Morgan fingerprint density at radius 2 is 1.88 bits per heavy atom. The largest absolute Gasteiger partial charge is 0.393 e. The molecule has 0 aliphatic heterocycles. The number of aliphatic hydroxyl groups is 4. The third-order valence-corrected chi connectivity index (χ3v) is 8.94. The number of allylic oxidation sites excluding steroid dienone is 1. The molecule has 4 rings (SSSR count). The third-order valence-electron chi connectivity index (χ3n) is 8.94. The van der Waals surface area contributed by atoms with E-state index in [1.807, 2.05) is 0 Å². The van der Waals surface area contributed by atoms with Gasteiger partial charge in [-0.2, -0.15) is 0 Å². The smallest absolute Gasteiger partial charge is 0.0984 e. The second-order valence-corrected chi connectivity index (χ2v) is 9.90. The van der Waals surface area contributed by atoms with E-state index in [2.05, 4.69) is 19.9 Å². The quantitative estimate of drug-likeness (QED) is 0.548. The van der Waals surface area contributed by atoms with E-state index in [1.54, 1.807) is 6.92 Å². The maximum Gasteiger partial charge on any atom is 0.0984 e. The first kappa shape index (κ1) is 18.0. The molecule has 0 amide bonds. The lowest BCUT2D eigenvalue weighted by Crippen LogP contribution is -2.58. The van der Waals surface area contributed by atoms with Crippen molar-refractivity contribution in [3.63, 3.8) is 0 Å². The van der Waals surface area contributed by atoms with E-state index < -0.39 is 23.2 Å². The van der Waals surface area contributed by atoms with Crippen LogP contribution in [0.1, 0.15) is 65.7 Å². The summed E-state index contributed by atoms with van der Waals surface area (Å²) in [6, 6.07) is 0. The minimum Gasteiger partial charge on any atom is -0.393 e. The zero-order valence-corrected chi connectivity index (χ0v) is 15.8. The lowest BCUT2D eigenvalue weighted by Gasteiger charge is -2.59. The van der Waals surface area contributed by atoms with E-state index in [0.29, 0.717) is 11.8 Å².